The van der Waals surface area contributed by atoms with Crippen LogP contribution >= 0.6 is 0 Å². The summed E-state index contributed by atoms with van der Waals surface area (Å²) in [5, 5.41) is 18.0. The van der Waals surface area contributed by atoms with Gasteiger partial charge in [-0.25, -0.2) is 9.97 Å². The van der Waals surface area contributed by atoms with Gasteiger partial charge in [0.1, 0.15) is 17.5 Å². The van der Waals surface area contributed by atoms with Crippen LogP contribution in [0.15, 0.2) is 41.5 Å². The molecular formula is C23H29N5O2. The number of aliphatic hydroxyl groups is 1. The maximum absolute atomic E-state index is 13.2. The number of aromatic nitrogens is 3. The highest BCUT2D eigenvalue weighted by atomic mass is 16.3. The maximum Gasteiger partial charge on any atom is 0.262 e. The molecule has 30 heavy (non-hydrogen) atoms. The zero-order valence-electron chi connectivity index (χ0n) is 17.7. The summed E-state index contributed by atoms with van der Waals surface area (Å²) in [6.07, 6.45) is 6.59. The average Bonchev–Trinajstić information content (AvgIpc) is 2.69. The van der Waals surface area contributed by atoms with Crippen LogP contribution in [0.3, 0.4) is 0 Å². The number of anilines is 3. The summed E-state index contributed by atoms with van der Waals surface area (Å²) in [6.45, 7) is 6.00. The molecule has 3 aromatic heterocycles. The summed E-state index contributed by atoms with van der Waals surface area (Å²) in [5.41, 5.74) is 1.06. The molecule has 0 atom stereocenters. The second-order valence-electron chi connectivity index (χ2n) is 8.44. The SMILES string of the molecule is Cc1ccnc(Nc2cc3ccn(C(C)C)c(=O)c3c(N[C@H]3CC[C@@H](O)CC3)n2)c1. The highest BCUT2D eigenvalue weighted by Gasteiger charge is 2.22. The van der Waals surface area contributed by atoms with E-state index in [4.69, 9.17) is 4.98 Å². The second-order valence-corrected chi connectivity index (χ2v) is 8.44. The highest BCUT2D eigenvalue weighted by Crippen LogP contribution is 2.28. The van der Waals surface area contributed by atoms with Crippen LogP contribution in [0.25, 0.3) is 10.8 Å². The molecule has 0 saturated heterocycles. The number of fused-ring (bicyclic) bond motifs is 1. The molecule has 0 aliphatic heterocycles. The van der Waals surface area contributed by atoms with Gasteiger partial charge in [0.25, 0.3) is 5.56 Å². The summed E-state index contributed by atoms with van der Waals surface area (Å²) in [4.78, 5) is 22.3. The molecular weight excluding hydrogens is 378 g/mol. The Morgan fingerprint density at radius 3 is 2.60 bits per heavy atom. The van der Waals surface area contributed by atoms with Crippen molar-refractivity contribution in [2.24, 2.45) is 0 Å². The quantitative estimate of drug-likeness (QED) is 0.589. The summed E-state index contributed by atoms with van der Waals surface area (Å²) < 4.78 is 1.73. The lowest BCUT2D eigenvalue weighted by Crippen LogP contribution is -2.30. The number of nitrogens with one attached hydrogen (secondary N) is 2. The minimum absolute atomic E-state index is 0.0476. The van der Waals surface area contributed by atoms with Crippen LogP contribution in [0.1, 0.15) is 51.1 Å². The van der Waals surface area contributed by atoms with Gasteiger partial charge in [0.15, 0.2) is 0 Å². The molecule has 1 fully saturated rings. The van der Waals surface area contributed by atoms with Gasteiger partial charge in [-0.2, -0.15) is 0 Å². The molecule has 1 saturated carbocycles. The predicted molar refractivity (Wildman–Crippen MR) is 121 cm³/mol. The molecule has 0 unspecified atom stereocenters. The maximum atomic E-state index is 13.2. The van der Waals surface area contributed by atoms with Gasteiger partial charge in [-0.3, -0.25) is 4.79 Å². The number of hydrogen-bond donors (Lipinski definition) is 3. The summed E-state index contributed by atoms with van der Waals surface area (Å²) in [7, 11) is 0. The van der Waals surface area contributed by atoms with Crippen LogP contribution in [0.2, 0.25) is 0 Å². The van der Waals surface area contributed by atoms with Crippen molar-refractivity contribution in [3.05, 3.63) is 52.6 Å². The first-order valence-electron chi connectivity index (χ1n) is 10.6. The van der Waals surface area contributed by atoms with E-state index in [1.807, 2.05) is 51.2 Å². The van der Waals surface area contributed by atoms with Gasteiger partial charge in [0.05, 0.1) is 11.5 Å². The largest absolute Gasteiger partial charge is 0.393 e. The van der Waals surface area contributed by atoms with E-state index in [0.717, 1.165) is 36.6 Å². The average molecular weight is 408 g/mol. The van der Waals surface area contributed by atoms with Crippen LogP contribution in [-0.2, 0) is 0 Å². The zero-order valence-corrected chi connectivity index (χ0v) is 17.7. The van der Waals surface area contributed by atoms with E-state index in [9.17, 15) is 9.90 Å². The molecule has 3 N–H and O–H groups in total. The van der Waals surface area contributed by atoms with E-state index in [1.165, 1.54) is 0 Å². The summed E-state index contributed by atoms with van der Waals surface area (Å²) in [5.74, 6) is 1.94. The van der Waals surface area contributed by atoms with Crippen molar-refractivity contribution in [2.45, 2.75) is 64.6 Å². The van der Waals surface area contributed by atoms with Gasteiger partial charge in [-0.05, 0) is 81.7 Å². The van der Waals surface area contributed by atoms with Crippen LogP contribution < -0.4 is 16.2 Å². The Hall–Kier alpha value is -2.93. The summed E-state index contributed by atoms with van der Waals surface area (Å²) in [6, 6.07) is 8.00. The number of aliphatic hydroxyl groups excluding tert-OH is 1. The van der Waals surface area contributed by atoms with E-state index in [-0.39, 0.29) is 23.7 Å². The normalized spacial score (nSPS) is 19.2. The van der Waals surface area contributed by atoms with E-state index in [0.29, 0.717) is 22.8 Å². The van der Waals surface area contributed by atoms with E-state index < -0.39 is 0 Å². The Morgan fingerprint density at radius 1 is 1.13 bits per heavy atom. The van der Waals surface area contributed by atoms with Gasteiger partial charge >= 0.3 is 0 Å². The van der Waals surface area contributed by atoms with Crippen molar-refractivity contribution in [1.29, 1.82) is 0 Å². The predicted octanol–water partition coefficient (Wildman–Crippen LogP) is 4.14. The van der Waals surface area contributed by atoms with Gasteiger partial charge in [-0.15, -0.1) is 0 Å². The monoisotopic (exact) mass is 407 g/mol. The smallest absolute Gasteiger partial charge is 0.262 e. The number of rotatable bonds is 5. The van der Waals surface area contributed by atoms with Gasteiger partial charge in [0.2, 0.25) is 0 Å². The Bertz CT molecular complexity index is 1100. The van der Waals surface area contributed by atoms with Gasteiger partial charge < -0.3 is 20.3 Å². The fourth-order valence-electron chi connectivity index (χ4n) is 4.00. The van der Waals surface area contributed by atoms with Crippen molar-refractivity contribution in [2.75, 3.05) is 10.6 Å². The number of nitrogens with zero attached hydrogens (tertiary/aromatic N) is 3. The number of aryl methyl sites for hydroxylation is 1. The molecule has 1 aliphatic carbocycles. The number of hydrogen-bond acceptors (Lipinski definition) is 6. The first-order valence-corrected chi connectivity index (χ1v) is 10.6. The second kappa shape index (κ2) is 8.44. The Kier molecular flexibility index (Phi) is 5.72. The van der Waals surface area contributed by atoms with E-state index >= 15 is 0 Å². The molecule has 0 radical (unpaired) electrons. The minimum atomic E-state index is -0.230. The molecule has 3 aromatic rings. The van der Waals surface area contributed by atoms with Crippen molar-refractivity contribution in [1.82, 2.24) is 14.5 Å². The Labute approximate surface area is 176 Å². The third kappa shape index (κ3) is 4.31. The van der Waals surface area contributed by atoms with Gasteiger partial charge in [0, 0.05) is 24.5 Å². The molecule has 7 nitrogen and oxygen atoms in total. The molecule has 1 aliphatic rings. The van der Waals surface area contributed by atoms with E-state index in [2.05, 4.69) is 15.6 Å². The molecule has 4 rings (SSSR count). The molecule has 7 heteroatoms. The summed E-state index contributed by atoms with van der Waals surface area (Å²) >= 11 is 0. The van der Waals surface area contributed by atoms with Crippen molar-refractivity contribution in [3.8, 4) is 0 Å². The fourth-order valence-corrected chi connectivity index (χ4v) is 4.00. The third-order valence-electron chi connectivity index (χ3n) is 5.68. The fraction of sp³-hybridized carbons (Fsp3) is 0.435. The molecule has 158 valence electrons. The van der Waals surface area contributed by atoms with Crippen LogP contribution in [-0.4, -0.2) is 31.8 Å². The standard InChI is InChI=1S/C23H29N5O2/c1-14(2)28-11-9-16-13-20(26-19-12-15(3)8-10-24-19)27-22(21(16)23(28)30)25-17-4-6-18(29)7-5-17/h8-14,17-18,29H,4-7H2,1-3H3,(H2,24,25,26,27)/t17-,18+. The van der Waals surface area contributed by atoms with Crippen LogP contribution in [0.4, 0.5) is 17.5 Å². The molecule has 0 spiro atoms. The lowest BCUT2D eigenvalue weighted by Gasteiger charge is -2.27. The third-order valence-corrected chi connectivity index (χ3v) is 5.68. The highest BCUT2D eigenvalue weighted by molar-refractivity contribution is 5.93. The number of pyridine rings is 3. The Balaban J connectivity index is 1.77. The van der Waals surface area contributed by atoms with E-state index in [1.54, 1.807) is 10.8 Å². The van der Waals surface area contributed by atoms with Crippen LogP contribution in [0, 0.1) is 6.92 Å². The lowest BCUT2D eigenvalue weighted by molar-refractivity contribution is 0.126. The zero-order chi connectivity index (χ0) is 21.3. The first-order chi connectivity index (χ1) is 14.4. The van der Waals surface area contributed by atoms with Crippen molar-refractivity contribution < 1.29 is 5.11 Å². The molecule has 0 amide bonds. The lowest BCUT2D eigenvalue weighted by atomic mass is 9.93. The first kappa shape index (κ1) is 20.3. The minimum Gasteiger partial charge on any atom is -0.393 e. The molecule has 0 bridgehead atoms. The Morgan fingerprint density at radius 2 is 1.90 bits per heavy atom. The topological polar surface area (TPSA) is 92.1 Å². The molecule has 0 aromatic carbocycles. The van der Waals surface area contributed by atoms with Gasteiger partial charge in [-0.1, -0.05) is 0 Å². The van der Waals surface area contributed by atoms with Crippen molar-refractivity contribution >= 4 is 28.2 Å². The van der Waals surface area contributed by atoms with Crippen molar-refractivity contribution in [3.63, 3.8) is 0 Å². The van der Waals surface area contributed by atoms with Crippen LogP contribution in [0.5, 0.6) is 0 Å². The molecule has 3 heterocycles.